The Labute approximate surface area is 90.7 Å². The molecule has 1 aromatic carbocycles. The summed E-state index contributed by atoms with van der Waals surface area (Å²) in [5.41, 5.74) is 0. The van der Waals surface area contributed by atoms with Crippen molar-refractivity contribution in [3.8, 4) is 0 Å². The second-order valence-electron chi connectivity index (χ2n) is 2.15. The first-order chi connectivity index (χ1) is 5.86. The molecule has 1 rings (SSSR count). The first-order valence-corrected chi connectivity index (χ1v) is 6.74. The van der Waals surface area contributed by atoms with E-state index < -0.39 is 0 Å². The van der Waals surface area contributed by atoms with Crippen LogP contribution < -0.4 is 3.61 Å². The second kappa shape index (κ2) is 5.77. The van der Waals surface area contributed by atoms with Crippen molar-refractivity contribution >= 4 is 40.5 Å². The van der Waals surface area contributed by atoms with Crippen LogP contribution >= 0.6 is 15.9 Å². The van der Waals surface area contributed by atoms with Gasteiger partial charge in [-0.15, -0.1) is 0 Å². The van der Waals surface area contributed by atoms with Crippen molar-refractivity contribution < 1.29 is 5.11 Å². The van der Waals surface area contributed by atoms with Crippen molar-refractivity contribution in [1.29, 1.82) is 0 Å². The van der Waals surface area contributed by atoms with E-state index in [1.54, 1.807) is 0 Å². The fourth-order valence-corrected chi connectivity index (χ4v) is 3.51. The van der Waals surface area contributed by atoms with Gasteiger partial charge < -0.3 is 0 Å². The van der Waals surface area contributed by atoms with Crippen LogP contribution in [-0.4, -0.2) is 32.6 Å². The minimum atomic E-state index is -0.354. The van der Waals surface area contributed by atoms with Crippen LogP contribution in [0.25, 0.3) is 0 Å². The maximum absolute atomic E-state index is 8.92. The Hall–Kier alpha value is 0.190. The second-order valence-corrected chi connectivity index (χ2v) is 6.03. The SMILES string of the molecule is OC/C(=C\Br)[Te]c1ccccc1. The average molecular weight is 341 g/mol. The van der Waals surface area contributed by atoms with Gasteiger partial charge in [0.1, 0.15) is 0 Å². The van der Waals surface area contributed by atoms with Crippen LogP contribution in [0.2, 0.25) is 0 Å². The summed E-state index contributed by atoms with van der Waals surface area (Å²) in [4.78, 5) is 1.84. The molecule has 0 aliphatic carbocycles. The summed E-state index contributed by atoms with van der Waals surface area (Å²) in [7, 11) is 0. The summed E-state index contributed by atoms with van der Waals surface area (Å²) in [6.45, 7) is 0.169. The van der Waals surface area contributed by atoms with Crippen LogP contribution in [0, 0.1) is 0 Å². The van der Waals surface area contributed by atoms with Crippen molar-refractivity contribution in [3.05, 3.63) is 38.9 Å². The van der Waals surface area contributed by atoms with Crippen molar-refractivity contribution in [3.63, 3.8) is 0 Å². The Morgan fingerprint density at radius 2 is 2.08 bits per heavy atom. The normalized spacial score (nSPS) is 11.7. The topological polar surface area (TPSA) is 20.2 Å². The van der Waals surface area contributed by atoms with E-state index in [0.29, 0.717) is 0 Å². The summed E-state index contributed by atoms with van der Waals surface area (Å²) in [6.07, 6.45) is 0. The molecule has 0 heterocycles. The van der Waals surface area contributed by atoms with E-state index in [4.69, 9.17) is 5.11 Å². The molecule has 1 N–H and O–H groups in total. The molecule has 0 unspecified atom stereocenters. The average Bonchev–Trinajstić information content (AvgIpc) is 2.16. The van der Waals surface area contributed by atoms with E-state index in [2.05, 4.69) is 28.1 Å². The third kappa shape index (κ3) is 3.28. The van der Waals surface area contributed by atoms with E-state index >= 15 is 0 Å². The number of aliphatic hydroxyl groups excluding tert-OH is 1. The maximum atomic E-state index is 8.92. The van der Waals surface area contributed by atoms with Crippen LogP contribution in [-0.2, 0) is 0 Å². The van der Waals surface area contributed by atoms with Gasteiger partial charge in [-0.1, -0.05) is 0 Å². The van der Waals surface area contributed by atoms with Crippen molar-refractivity contribution in [2.24, 2.45) is 0 Å². The summed E-state index contributed by atoms with van der Waals surface area (Å²) in [5, 5.41) is 8.92. The summed E-state index contributed by atoms with van der Waals surface area (Å²) >= 11 is 2.89. The molecular formula is C9H9BrOTe. The molecule has 0 saturated heterocycles. The zero-order valence-corrected chi connectivity index (χ0v) is 10.3. The van der Waals surface area contributed by atoms with Gasteiger partial charge in [0.2, 0.25) is 0 Å². The number of halogens is 1. The molecule has 0 aromatic heterocycles. The molecule has 0 saturated carbocycles. The van der Waals surface area contributed by atoms with Gasteiger partial charge in [0.25, 0.3) is 0 Å². The first-order valence-electron chi connectivity index (χ1n) is 3.50. The molecule has 1 nitrogen and oxygen atoms in total. The molecule has 12 heavy (non-hydrogen) atoms. The Balaban J connectivity index is 2.64. The van der Waals surface area contributed by atoms with E-state index in [-0.39, 0.29) is 27.5 Å². The molecule has 0 aliphatic heterocycles. The first kappa shape index (κ1) is 10.3. The summed E-state index contributed by atoms with van der Waals surface area (Å²) in [5.74, 6) is 0. The molecule has 3 heteroatoms. The predicted molar refractivity (Wildman–Crippen MR) is 55.9 cm³/mol. The molecule has 0 spiro atoms. The summed E-state index contributed by atoms with van der Waals surface area (Å²) in [6, 6.07) is 10.3. The number of aliphatic hydroxyl groups is 1. The van der Waals surface area contributed by atoms with Crippen molar-refractivity contribution in [2.45, 2.75) is 0 Å². The molecular weight excluding hydrogens is 332 g/mol. The molecule has 64 valence electrons. The van der Waals surface area contributed by atoms with Gasteiger partial charge in [-0.25, -0.2) is 0 Å². The van der Waals surface area contributed by atoms with Gasteiger partial charge in [-0.05, 0) is 0 Å². The third-order valence-electron chi connectivity index (χ3n) is 1.27. The van der Waals surface area contributed by atoms with Crippen LogP contribution in [0.1, 0.15) is 0 Å². The number of hydrogen-bond donors (Lipinski definition) is 1. The van der Waals surface area contributed by atoms with Crippen LogP contribution in [0.3, 0.4) is 0 Å². The van der Waals surface area contributed by atoms with E-state index in [0.717, 1.165) is 3.62 Å². The standard InChI is InChI=1S/C9H9BrOTe/c10-6-9(7-11)12-8-4-2-1-3-5-8/h1-6,11H,7H2/b9-6+. The fraction of sp³-hybridized carbons (Fsp3) is 0.111. The molecule has 0 bridgehead atoms. The third-order valence-corrected chi connectivity index (χ3v) is 5.67. The Kier molecular flexibility index (Phi) is 4.94. The van der Waals surface area contributed by atoms with Gasteiger partial charge in [-0.2, -0.15) is 0 Å². The number of rotatable bonds is 3. The van der Waals surface area contributed by atoms with Gasteiger partial charge in [0.15, 0.2) is 0 Å². The van der Waals surface area contributed by atoms with Gasteiger partial charge in [0.05, 0.1) is 0 Å². The number of hydrogen-bond acceptors (Lipinski definition) is 1. The molecule has 0 aliphatic rings. The Bertz CT molecular complexity index is 258. The quantitative estimate of drug-likeness (QED) is 0.821. The number of benzene rings is 1. The van der Waals surface area contributed by atoms with Crippen LogP contribution in [0.15, 0.2) is 38.9 Å². The van der Waals surface area contributed by atoms with Gasteiger partial charge in [-0.3, -0.25) is 0 Å². The molecule has 0 amide bonds. The van der Waals surface area contributed by atoms with Crippen LogP contribution in [0.5, 0.6) is 0 Å². The molecule has 1 aromatic rings. The van der Waals surface area contributed by atoms with E-state index in [1.165, 1.54) is 3.61 Å². The molecule has 0 radical (unpaired) electrons. The minimum absolute atomic E-state index is 0.169. The zero-order valence-electron chi connectivity index (χ0n) is 6.40. The van der Waals surface area contributed by atoms with Crippen molar-refractivity contribution in [1.82, 2.24) is 0 Å². The molecule has 0 atom stereocenters. The van der Waals surface area contributed by atoms with E-state index in [1.807, 2.05) is 23.2 Å². The van der Waals surface area contributed by atoms with Gasteiger partial charge >= 0.3 is 91.1 Å². The van der Waals surface area contributed by atoms with Gasteiger partial charge in [0, 0.05) is 0 Å². The van der Waals surface area contributed by atoms with Crippen LogP contribution in [0.4, 0.5) is 0 Å². The summed E-state index contributed by atoms with van der Waals surface area (Å²) < 4.78 is 2.47. The van der Waals surface area contributed by atoms with Crippen molar-refractivity contribution in [2.75, 3.05) is 6.61 Å². The monoisotopic (exact) mass is 342 g/mol. The Morgan fingerprint density at radius 3 is 2.58 bits per heavy atom. The Morgan fingerprint density at radius 1 is 1.42 bits per heavy atom. The molecule has 0 fully saturated rings. The zero-order chi connectivity index (χ0) is 8.81. The predicted octanol–water partition coefficient (Wildman–Crippen LogP) is 1.24. The van der Waals surface area contributed by atoms with E-state index in [9.17, 15) is 0 Å². The fourth-order valence-electron chi connectivity index (χ4n) is 0.729.